The number of aliphatic hydroxyl groups excluding tert-OH is 1. The van der Waals surface area contributed by atoms with Crippen molar-refractivity contribution < 1.29 is 9.52 Å². The van der Waals surface area contributed by atoms with Gasteiger partial charge in [-0.2, -0.15) is 0 Å². The summed E-state index contributed by atoms with van der Waals surface area (Å²) >= 11 is 0. The van der Waals surface area contributed by atoms with Crippen LogP contribution >= 0.6 is 0 Å². The first-order valence-corrected chi connectivity index (χ1v) is 5.86. The van der Waals surface area contributed by atoms with E-state index < -0.39 is 0 Å². The van der Waals surface area contributed by atoms with Gasteiger partial charge in [-0.25, -0.2) is 0 Å². The number of furan rings is 1. The minimum Gasteiger partial charge on any atom is -0.461 e. The topological polar surface area (TPSA) is 33.4 Å². The maximum Gasteiger partial charge on any atom is 0.134 e. The van der Waals surface area contributed by atoms with Crippen LogP contribution in [0.4, 0.5) is 0 Å². The summed E-state index contributed by atoms with van der Waals surface area (Å²) in [7, 11) is 0. The summed E-state index contributed by atoms with van der Waals surface area (Å²) in [4.78, 5) is 0. The molecule has 0 saturated heterocycles. The van der Waals surface area contributed by atoms with Crippen LogP contribution in [0.5, 0.6) is 0 Å². The van der Waals surface area contributed by atoms with E-state index in [-0.39, 0.29) is 12.0 Å². The molecule has 0 amide bonds. The molecule has 0 atom stereocenters. The van der Waals surface area contributed by atoms with Crippen LogP contribution in [0.2, 0.25) is 0 Å². The molecule has 3 rings (SSSR count). The van der Waals surface area contributed by atoms with Gasteiger partial charge in [-0.15, -0.1) is 0 Å². The number of fused-ring (bicyclic) bond motifs is 1. The number of para-hydroxylation sites is 1. The molecule has 0 spiro atoms. The largest absolute Gasteiger partial charge is 0.461 e. The number of rotatable bonds is 2. The molecule has 0 bridgehead atoms. The van der Waals surface area contributed by atoms with Crippen LogP contribution in [-0.2, 0) is 5.41 Å². The Morgan fingerprint density at radius 3 is 2.69 bits per heavy atom. The quantitative estimate of drug-likeness (QED) is 0.836. The third kappa shape index (κ3) is 1.17. The number of aryl methyl sites for hydroxylation is 1. The highest BCUT2D eigenvalue weighted by Crippen LogP contribution is 2.47. The van der Waals surface area contributed by atoms with Gasteiger partial charge in [-0.3, -0.25) is 0 Å². The van der Waals surface area contributed by atoms with Crippen molar-refractivity contribution in [1.29, 1.82) is 0 Å². The second kappa shape index (κ2) is 3.36. The lowest BCUT2D eigenvalue weighted by Crippen LogP contribution is -2.38. The van der Waals surface area contributed by atoms with E-state index in [1.54, 1.807) is 0 Å². The van der Waals surface area contributed by atoms with E-state index in [1.807, 2.05) is 25.1 Å². The minimum absolute atomic E-state index is 0.0311. The van der Waals surface area contributed by atoms with E-state index in [1.165, 1.54) is 17.4 Å². The lowest BCUT2D eigenvalue weighted by atomic mass is 9.64. The molecule has 1 aliphatic rings. The van der Waals surface area contributed by atoms with E-state index >= 15 is 0 Å². The van der Waals surface area contributed by atoms with E-state index in [0.29, 0.717) is 0 Å². The van der Waals surface area contributed by atoms with Gasteiger partial charge in [0.25, 0.3) is 0 Å². The maximum atomic E-state index is 9.65. The van der Waals surface area contributed by atoms with Gasteiger partial charge in [-0.1, -0.05) is 24.6 Å². The average Bonchev–Trinajstić information content (AvgIpc) is 2.56. The van der Waals surface area contributed by atoms with E-state index in [9.17, 15) is 5.11 Å². The van der Waals surface area contributed by atoms with E-state index in [2.05, 4.69) is 6.07 Å². The van der Waals surface area contributed by atoms with Crippen LogP contribution in [-0.4, -0.2) is 11.7 Å². The molecule has 1 fully saturated rings. The Kier molecular flexibility index (Phi) is 2.08. The summed E-state index contributed by atoms with van der Waals surface area (Å²) in [5.41, 5.74) is 2.14. The molecule has 1 saturated carbocycles. The summed E-state index contributed by atoms with van der Waals surface area (Å²) < 4.78 is 5.77. The highest BCUT2D eigenvalue weighted by Gasteiger charge is 2.41. The predicted octanol–water partition coefficient (Wildman–Crippen LogP) is 3.16. The zero-order chi connectivity index (χ0) is 11.2. The molecule has 1 aliphatic carbocycles. The smallest absolute Gasteiger partial charge is 0.134 e. The highest BCUT2D eigenvalue weighted by molar-refractivity contribution is 5.83. The van der Waals surface area contributed by atoms with Gasteiger partial charge in [0, 0.05) is 16.4 Å². The summed E-state index contributed by atoms with van der Waals surface area (Å²) in [5.74, 6) is 0.968. The van der Waals surface area contributed by atoms with Crippen molar-refractivity contribution in [2.45, 2.75) is 31.6 Å². The molecular formula is C14H16O2. The normalized spacial score (nSPS) is 18.6. The molecule has 1 heterocycles. The SMILES string of the molecule is Cc1oc2ccccc2c1C1(CO)CCC1. The fourth-order valence-corrected chi connectivity index (χ4v) is 2.92. The van der Waals surface area contributed by atoms with Crippen LogP contribution in [0.1, 0.15) is 30.6 Å². The lowest BCUT2D eigenvalue weighted by Gasteiger charge is -2.40. The Labute approximate surface area is 94.9 Å². The van der Waals surface area contributed by atoms with Gasteiger partial charge in [0.2, 0.25) is 0 Å². The fourth-order valence-electron chi connectivity index (χ4n) is 2.92. The van der Waals surface area contributed by atoms with Crippen molar-refractivity contribution in [3.63, 3.8) is 0 Å². The van der Waals surface area contributed by atoms with Crippen LogP contribution in [0, 0.1) is 6.92 Å². The van der Waals surface area contributed by atoms with Crippen molar-refractivity contribution in [2.24, 2.45) is 0 Å². The molecule has 1 aromatic heterocycles. The zero-order valence-corrected chi connectivity index (χ0v) is 9.49. The van der Waals surface area contributed by atoms with Gasteiger partial charge in [0.15, 0.2) is 0 Å². The van der Waals surface area contributed by atoms with Crippen molar-refractivity contribution in [2.75, 3.05) is 6.61 Å². The van der Waals surface area contributed by atoms with Crippen LogP contribution < -0.4 is 0 Å². The minimum atomic E-state index is -0.0311. The molecule has 16 heavy (non-hydrogen) atoms. The Morgan fingerprint density at radius 2 is 2.06 bits per heavy atom. The van der Waals surface area contributed by atoms with Crippen molar-refractivity contribution in [1.82, 2.24) is 0 Å². The second-order valence-corrected chi connectivity index (χ2v) is 4.82. The Morgan fingerprint density at radius 1 is 1.31 bits per heavy atom. The van der Waals surface area contributed by atoms with Crippen LogP contribution in [0.3, 0.4) is 0 Å². The first kappa shape index (κ1) is 9.91. The first-order valence-electron chi connectivity index (χ1n) is 5.86. The third-order valence-corrected chi connectivity index (χ3v) is 3.92. The standard InChI is InChI=1S/C14H16O2/c1-10-13(14(9-15)7-4-8-14)11-5-2-3-6-12(11)16-10/h2-3,5-6,15H,4,7-9H2,1H3. The zero-order valence-electron chi connectivity index (χ0n) is 9.49. The second-order valence-electron chi connectivity index (χ2n) is 4.82. The maximum absolute atomic E-state index is 9.65. The van der Waals surface area contributed by atoms with Gasteiger partial charge in [-0.05, 0) is 25.8 Å². The summed E-state index contributed by atoms with van der Waals surface area (Å²) in [6.45, 7) is 2.24. The fraction of sp³-hybridized carbons (Fsp3) is 0.429. The average molecular weight is 216 g/mol. The van der Waals surface area contributed by atoms with Gasteiger partial charge < -0.3 is 9.52 Å². The summed E-state index contributed by atoms with van der Waals surface area (Å²) in [6, 6.07) is 8.11. The van der Waals surface area contributed by atoms with Crippen molar-refractivity contribution in [3.8, 4) is 0 Å². The van der Waals surface area contributed by atoms with E-state index in [4.69, 9.17) is 4.42 Å². The Balaban J connectivity index is 2.26. The van der Waals surface area contributed by atoms with Gasteiger partial charge in [0.05, 0.1) is 6.61 Å². The molecule has 2 heteroatoms. The molecular weight excluding hydrogens is 200 g/mol. The predicted molar refractivity (Wildman–Crippen MR) is 63.6 cm³/mol. The molecule has 1 aromatic carbocycles. The van der Waals surface area contributed by atoms with Crippen molar-refractivity contribution >= 4 is 11.0 Å². The first-order chi connectivity index (χ1) is 7.77. The summed E-state index contributed by atoms with van der Waals surface area (Å²) in [5, 5.41) is 10.8. The monoisotopic (exact) mass is 216 g/mol. The number of benzene rings is 1. The van der Waals surface area contributed by atoms with Gasteiger partial charge in [0.1, 0.15) is 11.3 Å². The van der Waals surface area contributed by atoms with Crippen molar-refractivity contribution in [3.05, 3.63) is 35.6 Å². The molecule has 1 N–H and O–H groups in total. The Bertz CT molecular complexity index is 515. The van der Waals surface area contributed by atoms with Crippen LogP contribution in [0.25, 0.3) is 11.0 Å². The molecule has 0 radical (unpaired) electrons. The number of hydrogen-bond donors (Lipinski definition) is 1. The molecule has 84 valence electrons. The van der Waals surface area contributed by atoms with E-state index in [0.717, 1.165) is 24.2 Å². The molecule has 0 aliphatic heterocycles. The lowest BCUT2D eigenvalue weighted by molar-refractivity contribution is 0.120. The summed E-state index contributed by atoms with van der Waals surface area (Å²) in [6.07, 6.45) is 3.36. The Hall–Kier alpha value is -1.28. The third-order valence-electron chi connectivity index (χ3n) is 3.92. The molecule has 0 unspecified atom stereocenters. The van der Waals surface area contributed by atoms with Gasteiger partial charge >= 0.3 is 0 Å². The number of hydrogen-bond acceptors (Lipinski definition) is 2. The highest BCUT2D eigenvalue weighted by atomic mass is 16.3. The molecule has 2 nitrogen and oxygen atoms in total. The number of aliphatic hydroxyl groups is 1. The molecule has 2 aromatic rings. The van der Waals surface area contributed by atoms with Crippen LogP contribution in [0.15, 0.2) is 28.7 Å².